The van der Waals surface area contributed by atoms with Crippen LogP contribution in [0.5, 0.6) is 0 Å². The number of hydrogen-bond donors (Lipinski definition) is 0. The van der Waals surface area contributed by atoms with E-state index in [1.54, 1.807) is 0 Å². The molecule has 0 fully saturated rings. The molecule has 0 N–H and O–H groups in total. The minimum atomic E-state index is 0.111. The molecule has 0 heteroatoms. The van der Waals surface area contributed by atoms with Crippen LogP contribution in [0.3, 0.4) is 0 Å². The van der Waals surface area contributed by atoms with Crippen LogP contribution in [-0.4, -0.2) is 0 Å². The van der Waals surface area contributed by atoms with Gasteiger partial charge in [-0.25, -0.2) is 0 Å². The molecule has 1 aliphatic rings. The van der Waals surface area contributed by atoms with Crippen LogP contribution in [0.4, 0.5) is 0 Å². The molecule has 2 rings (SSSR count). The van der Waals surface area contributed by atoms with Crippen molar-refractivity contribution in [1.29, 1.82) is 0 Å². The second-order valence-electron chi connectivity index (χ2n) is 4.80. The van der Waals surface area contributed by atoms with Gasteiger partial charge in [-0.2, -0.15) is 0 Å². The normalized spacial score (nSPS) is 17.9. The fraction of sp³-hybridized carbons (Fsp3) is 0.250. The van der Waals surface area contributed by atoms with E-state index in [2.05, 4.69) is 57.7 Å². The number of hydrogen-bond acceptors (Lipinski definition) is 0. The van der Waals surface area contributed by atoms with Crippen LogP contribution in [-0.2, 0) is 5.41 Å². The maximum Gasteiger partial charge on any atom is 0.0155 e. The molecule has 0 amide bonds. The molecule has 0 saturated carbocycles. The highest BCUT2D eigenvalue weighted by molar-refractivity contribution is 5.80. The van der Waals surface area contributed by atoms with Crippen molar-refractivity contribution in [2.75, 3.05) is 0 Å². The molecule has 0 aromatic heterocycles. The predicted molar refractivity (Wildman–Crippen MR) is 71.4 cm³/mol. The predicted octanol–water partition coefficient (Wildman–Crippen LogP) is 4.49. The molecule has 0 unspecified atom stereocenters. The number of benzene rings is 1. The van der Waals surface area contributed by atoms with Gasteiger partial charge in [-0.3, -0.25) is 0 Å². The lowest BCUT2D eigenvalue weighted by Gasteiger charge is -2.22. The minimum absolute atomic E-state index is 0.111. The summed E-state index contributed by atoms with van der Waals surface area (Å²) >= 11 is 0. The first kappa shape index (κ1) is 10.9. The molecule has 82 valence electrons. The second kappa shape index (κ2) is 3.79. The number of rotatable bonds is 2. The summed E-state index contributed by atoms with van der Waals surface area (Å²) in [7, 11) is 0. The van der Waals surface area contributed by atoms with E-state index >= 15 is 0 Å². The van der Waals surface area contributed by atoms with E-state index in [-0.39, 0.29) is 5.41 Å². The van der Waals surface area contributed by atoms with Gasteiger partial charge < -0.3 is 0 Å². The summed E-state index contributed by atoms with van der Waals surface area (Å²) in [6.07, 6.45) is 6.04. The molecule has 1 aromatic rings. The highest BCUT2D eigenvalue weighted by Crippen LogP contribution is 2.46. The lowest BCUT2D eigenvalue weighted by Crippen LogP contribution is -2.15. The zero-order valence-electron chi connectivity index (χ0n) is 10.2. The van der Waals surface area contributed by atoms with Crippen LogP contribution in [0.2, 0.25) is 0 Å². The average Bonchev–Trinajstić information content (AvgIpc) is 2.46. The SMILES string of the molecule is C=C/C=C\C1=C(C)c2ccccc2C1(C)C. The first-order valence-corrected chi connectivity index (χ1v) is 5.69. The van der Waals surface area contributed by atoms with E-state index in [4.69, 9.17) is 0 Å². The molecule has 0 nitrogen and oxygen atoms in total. The highest BCUT2D eigenvalue weighted by Gasteiger charge is 2.33. The summed E-state index contributed by atoms with van der Waals surface area (Å²) in [4.78, 5) is 0. The Labute approximate surface area is 98.0 Å². The van der Waals surface area contributed by atoms with Crippen molar-refractivity contribution in [2.45, 2.75) is 26.2 Å². The Hall–Kier alpha value is -1.56. The Morgan fingerprint density at radius 1 is 1.19 bits per heavy atom. The summed E-state index contributed by atoms with van der Waals surface area (Å²) in [6.45, 7) is 10.5. The monoisotopic (exact) mass is 210 g/mol. The molecule has 1 aliphatic carbocycles. The maximum atomic E-state index is 3.73. The van der Waals surface area contributed by atoms with E-state index in [1.807, 2.05) is 12.2 Å². The van der Waals surface area contributed by atoms with Crippen molar-refractivity contribution in [3.63, 3.8) is 0 Å². The quantitative estimate of drug-likeness (QED) is 0.631. The average molecular weight is 210 g/mol. The zero-order chi connectivity index (χ0) is 11.8. The lowest BCUT2D eigenvalue weighted by molar-refractivity contribution is 0.654. The van der Waals surface area contributed by atoms with Gasteiger partial charge in [0.25, 0.3) is 0 Å². The molecule has 0 saturated heterocycles. The third kappa shape index (κ3) is 1.46. The van der Waals surface area contributed by atoms with E-state index in [0.29, 0.717) is 0 Å². The number of allylic oxidation sites excluding steroid dienone is 5. The van der Waals surface area contributed by atoms with Crippen LogP contribution >= 0.6 is 0 Å². The molecule has 0 aliphatic heterocycles. The molecular formula is C16H18. The molecule has 0 radical (unpaired) electrons. The van der Waals surface area contributed by atoms with Crippen molar-refractivity contribution >= 4 is 5.57 Å². The Balaban J connectivity index is 2.61. The number of fused-ring (bicyclic) bond motifs is 1. The van der Waals surface area contributed by atoms with Crippen molar-refractivity contribution < 1.29 is 0 Å². The van der Waals surface area contributed by atoms with Gasteiger partial charge in [0.1, 0.15) is 0 Å². The van der Waals surface area contributed by atoms with E-state index in [0.717, 1.165) is 0 Å². The van der Waals surface area contributed by atoms with Gasteiger partial charge in [0.2, 0.25) is 0 Å². The van der Waals surface area contributed by atoms with Gasteiger partial charge in [0.15, 0.2) is 0 Å². The van der Waals surface area contributed by atoms with Crippen molar-refractivity contribution in [3.05, 3.63) is 65.8 Å². The van der Waals surface area contributed by atoms with Crippen molar-refractivity contribution in [1.82, 2.24) is 0 Å². The van der Waals surface area contributed by atoms with Crippen LogP contribution in [0.15, 0.2) is 54.6 Å². The maximum absolute atomic E-state index is 3.73. The van der Waals surface area contributed by atoms with Crippen LogP contribution in [0.1, 0.15) is 31.9 Å². The largest absolute Gasteiger partial charge is 0.0991 e. The second-order valence-corrected chi connectivity index (χ2v) is 4.80. The molecule has 0 heterocycles. The Morgan fingerprint density at radius 2 is 1.88 bits per heavy atom. The zero-order valence-corrected chi connectivity index (χ0v) is 10.2. The van der Waals surface area contributed by atoms with E-state index in [1.165, 1.54) is 22.3 Å². The standard InChI is InChI=1S/C16H18/c1-5-6-10-14-12(2)13-9-7-8-11-15(13)16(14,3)4/h5-11H,1H2,2-4H3/b10-6-. The summed E-state index contributed by atoms with van der Waals surface area (Å²) in [5, 5.41) is 0. The molecule has 16 heavy (non-hydrogen) atoms. The highest BCUT2D eigenvalue weighted by atomic mass is 14.4. The van der Waals surface area contributed by atoms with Gasteiger partial charge >= 0.3 is 0 Å². The third-order valence-corrected chi connectivity index (χ3v) is 3.48. The lowest BCUT2D eigenvalue weighted by atomic mass is 9.81. The topological polar surface area (TPSA) is 0 Å². The minimum Gasteiger partial charge on any atom is -0.0991 e. The Bertz CT molecular complexity index is 485. The van der Waals surface area contributed by atoms with Crippen molar-refractivity contribution in [3.8, 4) is 0 Å². The smallest absolute Gasteiger partial charge is 0.0155 e. The first-order chi connectivity index (χ1) is 7.59. The summed E-state index contributed by atoms with van der Waals surface area (Å²) in [6, 6.07) is 8.67. The van der Waals surface area contributed by atoms with Gasteiger partial charge in [-0.15, -0.1) is 0 Å². The molecule has 0 bridgehead atoms. The molecule has 0 spiro atoms. The van der Waals surface area contributed by atoms with Crippen molar-refractivity contribution in [2.24, 2.45) is 0 Å². The molecule has 0 atom stereocenters. The van der Waals surface area contributed by atoms with Crippen LogP contribution in [0.25, 0.3) is 5.57 Å². The molecule has 1 aromatic carbocycles. The van der Waals surface area contributed by atoms with Gasteiger partial charge in [-0.05, 0) is 29.2 Å². The first-order valence-electron chi connectivity index (χ1n) is 5.69. The van der Waals surface area contributed by atoms with Crippen LogP contribution < -0.4 is 0 Å². The summed E-state index contributed by atoms with van der Waals surface area (Å²) in [5.41, 5.74) is 5.71. The Kier molecular flexibility index (Phi) is 2.59. The van der Waals surface area contributed by atoms with E-state index < -0.39 is 0 Å². The van der Waals surface area contributed by atoms with Gasteiger partial charge in [0, 0.05) is 5.41 Å². The third-order valence-electron chi connectivity index (χ3n) is 3.48. The van der Waals surface area contributed by atoms with Gasteiger partial charge in [-0.1, -0.05) is 62.9 Å². The van der Waals surface area contributed by atoms with Gasteiger partial charge in [0.05, 0.1) is 0 Å². The fourth-order valence-electron chi connectivity index (χ4n) is 2.61. The van der Waals surface area contributed by atoms with E-state index in [9.17, 15) is 0 Å². The fourth-order valence-corrected chi connectivity index (χ4v) is 2.61. The van der Waals surface area contributed by atoms with Crippen LogP contribution in [0, 0.1) is 0 Å². The molecular weight excluding hydrogens is 192 g/mol. The summed E-state index contributed by atoms with van der Waals surface area (Å²) < 4.78 is 0. The summed E-state index contributed by atoms with van der Waals surface area (Å²) in [5.74, 6) is 0. The Morgan fingerprint density at radius 3 is 2.50 bits per heavy atom.